The Kier molecular flexibility index (Phi) is 2.68. The molecule has 1 aliphatic carbocycles. The van der Waals surface area contributed by atoms with Crippen LogP contribution >= 0.6 is 46.4 Å². The highest BCUT2D eigenvalue weighted by Gasteiger charge is 2.48. The number of rotatable bonds is 0. The number of hydrogen-bond acceptors (Lipinski definition) is 0. The molecule has 0 aromatic heterocycles. The van der Waals surface area contributed by atoms with Gasteiger partial charge in [0.05, 0.1) is 0 Å². The van der Waals surface area contributed by atoms with Crippen LogP contribution in [0.4, 0.5) is 0 Å². The molecule has 0 aromatic rings. The molecule has 0 nitrogen and oxygen atoms in total. The largest absolute Gasteiger partial charge is 0.151 e. The molecule has 0 bridgehead atoms. The fraction of sp³-hybridized carbons (Fsp3) is 1.00. The van der Waals surface area contributed by atoms with Crippen LogP contribution in [0.25, 0.3) is 0 Å². The van der Waals surface area contributed by atoms with Crippen LogP contribution in [-0.2, 0) is 0 Å². The van der Waals surface area contributed by atoms with Crippen molar-refractivity contribution in [1.29, 1.82) is 0 Å². The summed E-state index contributed by atoms with van der Waals surface area (Å²) >= 11 is 23.5. The van der Waals surface area contributed by atoms with Gasteiger partial charge in [0, 0.05) is 0 Å². The summed E-state index contributed by atoms with van der Waals surface area (Å²) in [4.78, 5) is 0. The van der Waals surface area contributed by atoms with Crippen LogP contribution in [0, 0.1) is 0 Å². The van der Waals surface area contributed by atoms with Crippen molar-refractivity contribution in [3.8, 4) is 0 Å². The fourth-order valence-corrected chi connectivity index (χ4v) is 1.97. The molecule has 0 heterocycles. The van der Waals surface area contributed by atoms with Crippen LogP contribution < -0.4 is 0 Å². The maximum absolute atomic E-state index is 5.87. The van der Waals surface area contributed by atoms with E-state index in [0.29, 0.717) is 12.8 Å². The van der Waals surface area contributed by atoms with Crippen molar-refractivity contribution in [3.05, 3.63) is 0 Å². The third kappa shape index (κ3) is 1.66. The van der Waals surface area contributed by atoms with Crippen molar-refractivity contribution >= 4 is 46.4 Å². The molecule has 1 rings (SSSR count). The van der Waals surface area contributed by atoms with Crippen molar-refractivity contribution in [3.63, 3.8) is 0 Å². The highest BCUT2D eigenvalue weighted by molar-refractivity contribution is 6.62. The standard InChI is InChI=1S/C6H8Cl4/c7-5(8)3-1-2-4-6(5,9)10/h1-4H2. The summed E-state index contributed by atoms with van der Waals surface area (Å²) in [6.07, 6.45) is 3.38. The van der Waals surface area contributed by atoms with Crippen molar-refractivity contribution < 1.29 is 0 Å². The van der Waals surface area contributed by atoms with E-state index >= 15 is 0 Å². The van der Waals surface area contributed by atoms with Crippen LogP contribution in [0.5, 0.6) is 0 Å². The van der Waals surface area contributed by atoms with Gasteiger partial charge in [-0.2, -0.15) is 0 Å². The molecule has 1 saturated carbocycles. The van der Waals surface area contributed by atoms with Crippen molar-refractivity contribution in [2.24, 2.45) is 0 Å². The highest BCUT2D eigenvalue weighted by Crippen LogP contribution is 2.51. The fourth-order valence-electron chi connectivity index (χ4n) is 1.06. The van der Waals surface area contributed by atoms with Crippen LogP contribution in [0.2, 0.25) is 0 Å². The minimum atomic E-state index is -0.950. The summed E-state index contributed by atoms with van der Waals surface area (Å²) in [7, 11) is 0. The Morgan fingerprint density at radius 1 is 0.700 bits per heavy atom. The van der Waals surface area contributed by atoms with Gasteiger partial charge in [0.25, 0.3) is 0 Å². The third-order valence-electron chi connectivity index (χ3n) is 1.77. The predicted octanol–water partition coefficient (Wildman–Crippen LogP) is 3.91. The van der Waals surface area contributed by atoms with Gasteiger partial charge in [-0.1, -0.05) is 59.2 Å². The average molecular weight is 222 g/mol. The molecule has 1 fully saturated rings. The molecule has 0 atom stereocenters. The zero-order valence-corrected chi connectivity index (χ0v) is 8.36. The summed E-state index contributed by atoms with van der Waals surface area (Å²) < 4.78 is -1.90. The minimum Gasteiger partial charge on any atom is -0.0983 e. The summed E-state index contributed by atoms with van der Waals surface area (Å²) in [5, 5.41) is 0. The lowest BCUT2D eigenvalue weighted by atomic mass is 9.98. The summed E-state index contributed by atoms with van der Waals surface area (Å²) in [6.45, 7) is 0. The first-order chi connectivity index (χ1) is 4.46. The zero-order valence-electron chi connectivity index (χ0n) is 5.34. The molecule has 0 unspecified atom stereocenters. The van der Waals surface area contributed by atoms with Crippen LogP contribution in [0.3, 0.4) is 0 Å². The van der Waals surface area contributed by atoms with Crippen molar-refractivity contribution in [2.45, 2.75) is 34.3 Å². The first kappa shape index (κ1) is 9.25. The monoisotopic (exact) mass is 220 g/mol. The van der Waals surface area contributed by atoms with E-state index in [1.54, 1.807) is 0 Å². The lowest BCUT2D eigenvalue weighted by Gasteiger charge is -2.36. The second-order valence-electron chi connectivity index (χ2n) is 2.62. The van der Waals surface area contributed by atoms with Gasteiger partial charge in [0.2, 0.25) is 0 Å². The van der Waals surface area contributed by atoms with Crippen molar-refractivity contribution in [2.75, 3.05) is 0 Å². The molecular formula is C6H8Cl4. The van der Waals surface area contributed by atoms with Gasteiger partial charge in [0.1, 0.15) is 0 Å². The molecule has 10 heavy (non-hydrogen) atoms. The van der Waals surface area contributed by atoms with Crippen LogP contribution in [-0.4, -0.2) is 8.67 Å². The van der Waals surface area contributed by atoms with Gasteiger partial charge in [-0.05, 0) is 12.8 Å². The maximum Gasteiger partial charge on any atom is 0.151 e. The number of alkyl halides is 4. The number of halogens is 4. The predicted molar refractivity (Wildman–Crippen MR) is 47.3 cm³/mol. The Morgan fingerprint density at radius 2 is 1.00 bits per heavy atom. The number of hydrogen-bond donors (Lipinski definition) is 0. The second kappa shape index (κ2) is 2.90. The molecule has 1 aliphatic rings. The first-order valence-corrected chi connectivity index (χ1v) is 4.72. The minimum absolute atomic E-state index is 0.684. The van der Waals surface area contributed by atoms with E-state index in [1.165, 1.54) is 0 Å². The Labute approximate surface area is 80.8 Å². The Hall–Kier alpha value is 1.16. The molecule has 4 heteroatoms. The van der Waals surface area contributed by atoms with Gasteiger partial charge < -0.3 is 0 Å². The summed E-state index contributed by atoms with van der Waals surface area (Å²) in [6, 6.07) is 0. The van der Waals surface area contributed by atoms with E-state index < -0.39 is 8.67 Å². The summed E-state index contributed by atoms with van der Waals surface area (Å²) in [5.41, 5.74) is 0. The van der Waals surface area contributed by atoms with E-state index in [-0.39, 0.29) is 0 Å². The summed E-state index contributed by atoms with van der Waals surface area (Å²) in [5.74, 6) is 0. The van der Waals surface area contributed by atoms with Gasteiger partial charge in [-0.15, -0.1) is 0 Å². The quantitative estimate of drug-likeness (QED) is 0.545. The van der Waals surface area contributed by atoms with E-state index in [0.717, 1.165) is 12.8 Å². The Bertz CT molecular complexity index is 114. The molecule has 0 spiro atoms. The molecule has 0 saturated heterocycles. The van der Waals surface area contributed by atoms with Gasteiger partial charge in [-0.3, -0.25) is 0 Å². The highest BCUT2D eigenvalue weighted by atomic mass is 35.5. The van der Waals surface area contributed by atoms with E-state index in [4.69, 9.17) is 46.4 Å². The second-order valence-corrected chi connectivity index (χ2v) is 5.58. The van der Waals surface area contributed by atoms with Gasteiger partial charge in [0.15, 0.2) is 8.67 Å². The topological polar surface area (TPSA) is 0 Å². The van der Waals surface area contributed by atoms with Crippen LogP contribution in [0.1, 0.15) is 25.7 Å². The molecular weight excluding hydrogens is 214 g/mol. The average Bonchev–Trinajstić information content (AvgIpc) is 1.77. The maximum atomic E-state index is 5.87. The molecule has 0 aliphatic heterocycles. The molecule has 60 valence electrons. The van der Waals surface area contributed by atoms with Gasteiger partial charge in [-0.25, -0.2) is 0 Å². The molecule has 0 aromatic carbocycles. The Balaban J connectivity index is 2.70. The SMILES string of the molecule is ClC1(Cl)CCCCC1(Cl)Cl. The van der Waals surface area contributed by atoms with Gasteiger partial charge >= 0.3 is 0 Å². The van der Waals surface area contributed by atoms with Crippen LogP contribution in [0.15, 0.2) is 0 Å². The molecule has 0 radical (unpaired) electrons. The van der Waals surface area contributed by atoms with E-state index in [2.05, 4.69) is 0 Å². The van der Waals surface area contributed by atoms with E-state index in [1.807, 2.05) is 0 Å². The van der Waals surface area contributed by atoms with E-state index in [9.17, 15) is 0 Å². The lowest BCUT2D eigenvalue weighted by molar-refractivity contribution is 0.453. The first-order valence-electron chi connectivity index (χ1n) is 3.21. The third-order valence-corrected chi connectivity index (χ3v) is 4.20. The molecule has 0 N–H and O–H groups in total. The normalized spacial score (nSPS) is 30.0. The lowest BCUT2D eigenvalue weighted by Crippen LogP contribution is -2.39. The Morgan fingerprint density at radius 3 is 1.20 bits per heavy atom. The molecule has 0 amide bonds. The van der Waals surface area contributed by atoms with Crippen molar-refractivity contribution in [1.82, 2.24) is 0 Å². The smallest absolute Gasteiger partial charge is 0.0983 e. The zero-order chi connectivity index (χ0) is 7.83.